The van der Waals surface area contributed by atoms with Gasteiger partial charge in [0.25, 0.3) is 0 Å². The van der Waals surface area contributed by atoms with Crippen LogP contribution in [0, 0.1) is 6.92 Å². The molecule has 0 amide bonds. The second-order valence-corrected chi connectivity index (χ2v) is 6.23. The van der Waals surface area contributed by atoms with E-state index in [9.17, 15) is 8.42 Å². The van der Waals surface area contributed by atoms with E-state index >= 15 is 0 Å². The van der Waals surface area contributed by atoms with E-state index in [-0.39, 0.29) is 18.0 Å². The van der Waals surface area contributed by atoms with Gasteiger partial charge in [-0.3, -0.25) is 0 Å². The van der Waals surface area contributed by atoms with Gasteiger partial charge in [0.1, 0.15) is 0 Å². The molecule has 0 aromatic heterocycles. The van der Waals surface area contributed by atoms with Gasteiger partial charge in [-0.1, -0.05) is 11.6 Å². The first-order valence-corrected chi connectivity index (χ1v) is 6.67. The highest BCUT2D eigenvalue weighted by Crippen LogP contribution is 2.25. The van der Waals surface area contributed by atoms with Crippen LogP contribution < -0.4 is 0 Å². The van der Waals surface area contributed by atoms with Gasteiger partial charge >= 0.3 is 0 Å². The fourth-order valence-corrected chi connectivity index (χ4v) is 3.60. The third-order valence-electron chi connectivity index (χ3n) is 2.58. The third-order valence-corrected chi connectivity index (χ3v) is 4.81. The van der Waals surface area contributed by atoms with Crippen LogP contribution in [0.4, 0.5) is 0 Å². The lowest BCUT2D eigenvalue weighted by atomic mass is 10.2. The number of rotatable bonds is 2. The molecule has 0 aliphatic carbocycles. The molecule has 1 fully saturated rings. The highest BCUT2D eigenvalue weighted by molar-refractivity contribution is 7.89. The zero-order chi connectivity index (χ0) is 11.9. The van der Waals surface area contributed by atoms with Crippen LogP contribution in [0.1, 0.15) is 5.56 Å². The van der Waals surface area contributed by atoms with Crippen molar-refractivity contribution in [2.24, 2.45) is 0 Å². The zero-order valence-electron chi connectivity index (χ0n) is 8.72. The van der Waals surface area contributed by atoms with E-state index in [0.29, 0.717) is 10.6 Å². The monoisotopic (exact) mass is 261 g/mol. The van der Waals surface area contributed by atoms with Crippen LogP contribution >= 0.6 is 11.6 Å². The van der Waals surface area contributed by atoms with Crippen molar-refractivity contribution in [3.05, 3.63) is 28.8 Å². The quantitative estimate of drug-likeness (QED) is 0.865. The lowest BCUT2D eigenvalue weighted by Gasteiger charge is -2.34. The second kappa shape index (κ2) is 4.00. The highest BCUT2D eigenvalue weighted by atomic mass is 35.5. The Bertz CT molecular complexity index is 509. The van der Waals surface area contributed by atoms with Crippen molar-refractivity contribution in [1.29, 1.82) is 0 Å². The molecule has 1 aliphatic rings. The molecule has 6 heteroatoms. The topological polar surface area (TPSA) is 57.6 Å². The Hall–Kier alpha value is -0.620. The predicted octanol–water partition coefficient (Wildman–Crippen LogP) is 1.01. The summed E-state index contributed by atoms with van der Waals surface area (Å²) in [5.41, 5.74) is 0.619. The minimum atomic E-state index is -3.47. The Morgan fingerprint density at radius 2 is 2.06 bits per heavy atom. The number of nitrogens with zero attached hydrogens (tertiary/aromatic N) is 1. The number of sulfonamides is 1. The molecule has 1 aliphatic heterocycles. The van der Waals surface area contributed by atoms with Crippen molar-refractivity contribution in [2.45, 2.75) is 17.9 Å². The standard InChI is InChI=1S/C10H12ClNO3S/c1-7-4-8(11)2-3-10(7)16(14,15)12-5-9(13)6-12/h2-4,9,13H,5-6H2,1H3. The largest absolute Gasteiger partial charge is 0.390 e. The van der Waals surface area contributed by atoms with Gasteiger partial charge in [-0.25, -0.2) is 8.42 Å². The summed E-state index contributed by atoms with van der Waals surface area (Å²) in [5, 5.41) is 9.63. The molecule has 2 rings (SSSR count). The van der Waals surface area contributed by atoms with Gasteiger partial charge in [0.2, 0.25) is 10.0 Å². The van der Waals surface area contributed by atoms with Crippen LogP contribution in [-0.2, 0) is 10.0 Å². The average molecular weight is 262 g/mol. The van der Waals surface area contributed by atoms with Crippen molar-refractivity contribution >= 4 is 21.6 Å². The zero-order valence-corrected chi connectivity index (χ0v) is 10.3. The van der Waals surface area contributed by atoms with E-state index in [1.54, 1.807) is 19.1 Å². The van der Waals surface area contributed by atoms with E-state index in [4.69, 9.17) is 16.7 Å². The van der Waals surface area contributed by atoms with Gasteiger partial charge < -0.3 is 5.11 Å². The number of β-amino-alcohol motifs (C(OH)–C–C–N with tert-alkyl or cyclic N) is 1. The fraction of sp³-hybridized carbons (Fsp3) is 0.400. The van der Waals surface area contributed by atoms with Gasteiger partial charge in [0, 0.05) is 18.1 Å². The summed E-state index contributed by atoms with van der Waals surface area (Å²) in [6.07, 6.45) is -0.539. The molecule has 0 radical (unpaired) electrons. The maximum atomic E-state index is 12.1. The number of halogens is 1. The van der Waals surface area contributed by atoms with Gasteiger partial charge in [-0.2, -0.15) is 4.31 Å². The number of hydrogen-bond acceptors (Lipinski definition) is 3. The van der Waals surface area contributed by atoms with Crippen LogP contribution in [0.5, 0.6) is 0 Å². The molecule has 16 heavy (non-hydrogen) atoms. The van der Waals surface area contributed by atoms with Crippen LogP contribution in [0.2, 0.25) is 5.02 Å². The number of aliphatic hydroxyl groups excluding tert-OH is 1. The van der Waals surface area contributed by atoms with E-state index in [1.165, 1.54) is 10.4 Å². The van der Waals surface area contributed by atoms with Crippen LogP contribution in [0.25, 0.3) is 0 Å². The molecule has 0 atom stereocenters. The normalized spacial score (nSPS) is 18.4. The maximum absolute atomic E-state index is 12.1. The molecule has 1 aromatic carbocycles. The van der Waals surface area contributed by atoms with E-state index < -0.39 is 16.1 Å². The van der Waals surface area contributed by atoms with Crippen LogP contribution in [-0.4, -0.2) is 37.0 Å². The van der Waals surface area contributed by atoms with E-state index in [2.05, 4.69) is 0 Å². The number of aryl methyl sites for hydroxylation is 1. The molecule has 1 N–H and O–H groups in total. The predicted molar refractivity (Wildman–Crippen MR) is 61.0 cm³/mol. The molecule has 4 nitrogen and oxygen atoms in total. The molecular formula is C10H12ClNO3S. The third kappa shape index (κ3) is 1.96. The molecule has 0 saturated carbocycles. The van der Waals surface area contributed by atoms with Crippen LogP contribution in [0.15, 0.2) is 23.1 Å². The Balaban J connectivity index is 2.36. The summed E-state index contributed by atoms with van der Waals surface area (Å²) in [6, 6.07) is 4.67. The molecule has 0 bridgehead atoms. The number of benzene rings is 1. The Morgan fingerprint density at radius 1 is 1.44 bits per heavy atom. The summed E-state index contributed by atoms with van der Waals surface area (Å²) >= 11 is 5.77. The fourth-order valence-electron chi connectivity index (χ4n) is 1.65. The Labute approximate surface area is 99.5 Å². The molecule has 1 saturated heterocycles. The van der Waals surface area contributed by atoms with Gasteiger partial charge in [0.15, 0.2) is 0 Å². The average Bonchev–Trinajstić information content (AvgIpc) is 2.12. The molecule has 1 heterocycles. The minimum absolute atomic E-state index is 0.171. The lowest BCUT2D eigenvalue weighted by Crippen LogP contribution is -2.53. The maximum Gasteiger partial charge on any atom is 0.243 e. The minimum Gasteiger partial charge on any atom is -0.390 e. The molecule has 88 valence electrons. The summed E-state index contributed by atoms with van der Waals surface area (Å²) in [7, 11) is -3.47. The second-order valence-electron chi connectivity index (χ2n) is 3.89. The Morgan fingerprint density at radius 3 is 2.56 bits per heavy atom. The first-order chi connectivity index (χ1) is 7.41. The first-order valence-electron chi connectivity index (χ1n) is 4.85. The molecule has 0 spiro atoms. The number of aliphatic hydroxyl groups is 1. The number of hydrogen-bond donors (Lipinski definition) is 1. The smallest absolute Gasteiger partial charge is 0.243 e. The van der Waals surface area contributed by atoms with Crippen molar-refractivity contribution in [2.75, 3.05) is 13.1 Å². The summed E-state index contributed by atoms with van der Waals surface area (Å²) in [4.78, 5) is 0.254. The first kappa shape index (κ1) is 11.9. The molecule has 1 aromatic rings. The van der Waals surface area contributed by atoms with E-state index in [0.717, 1.165) is 0 Å². The van der Waals surface area contributed by atoms with Crippen molar-refractivity contribution in [3.63, 3.8) is 0 Å². The van der Waals surface area contributed by atoms with Gasteiger partial charge in [0.05, 0.1) is 11.0 Å². The summed E-state index contributed by atoms with van der Waals surface area (Å²) < 4.78 is 25.4. The van der Waals surface area contributed by atoms with Gasteiger partial charge in [-0.15, -0.1) is 0 Å². The van der Waals surface area contributed by atoms with Crippen molar-refractivity contribution < 1.29 is 13.5 Å². The summed E-state index contributed by atoms with van der Waals surface area (Å²) in [5.74, 6) is 0. The SMILES string of the molecule is Cc1cc(Cl)ccc1S(=O)(=O)N1CC(O)C1. The van der Waals surface area contributed by atoms with Crippen molar-refractivity contribution in [1.82, 2.24) is 4.31 Å². The lowest BCUT2D eigenvalue weighted by molar-refractivity contribution is 0.0547. The Kier molecular flexibility index (Phi) is 2.96. The molecular weight excluding hydrogens is 250 g/mol. The van der Waals surface area contributed by atoms with Crippen molar-refractivity contribution in [3.8, 4) is 0 Å². The highest BCUT2D eigenvalue weighted by Gasteiger charge is 2.36. The van der Waals surface area contributed by atoms with Crippen LogP contribution in [0.3, 0.4) is 0 Å². The van der Waals surface area contributed by atoms with E-state index in [1.807, 2.05) is 0 Å². The van der Waals surface area contributed by atoms with Gasteiger partial charge in [-0.05, 0) is 30.7 Å². The summed E-state index contributed by atoms with van der Waals surface area (Å²) in [6.45, 7) is 2.05. The molecule has 0 unspecified atom stereocenters.